The molecule has 140 valence electrons. The molecule has 2 fully saturated rings. The molecule has 5 rings (SSSR count). The van der Waals surface area contributed by atoms with E-state index in [1.165, 1.54) is 12.8 Å². The van der Waals surface area contributed by atoms with Gasteiger partial charge in [-0.15, -0.1) is 0 Å². The number of imidazole rings is 1. The fourth-order valence-corrected chi connectivity index (χ4v) is 4.83. The van der Waals surface area contributed by atoms with Crippen LogP contribution in [0.3, 0.4) is 0 Å². The topological polar surface area (TPSA) is 93.8 Å². The van der Waals surface area contributed by atoms with E-state index in [9.17, 15) is 5.11 Å². The zero-order chi connectivity index (χ0) is 18.6. The number of nitriles is 1. The Morgan fingerprint density at radius 2 is 2.33 bits per heavy atom. The van der Waals surface area contributed by atoms with E-state index in [4.69, 9.17) is 10.2 Å². The smallest absolute Gasteiger partial charge is 0.139 e. The molecular weight excluding hydrogens is 340 g/mol. The summed E-state index contributed by atoms with van der Waals surface area (Å²) in [4.78, 5) is 14.9. The van der Waals surface area contributed by atoms with Gasteiger partial charge in [-0.1, -0.05) is 0 Å². The highest BCUT2D eigenvalue weighted by Crippen LogP contribution is 2.59. The summed E-state index contributed by atoms with van der Waals surface area (Å²) in [6.45, 7) is 4.77. The number of aromatic amines is 1. The first-order valence-corrected chi connectivity index (χ1v) is 9.74. The van der Waals surface area contributed by atoms with Gasteiger partial charge in [0.15, 0.2) is 0 Å². The number of aliphatic hydroxyl groups is 1. The summed E-state index contributed by atoms with van der Waals surface area (Å²) in [6.07, 6.45) is 7.03. The molecule has 3 aromatic heterocycles. The third-order valence-electron chi connectivity index (χ3n) is 6.28. The minimum absolute atomic E-state index is 0.274. The normalized spacial score (nSPS) is 22.6. The Hall–Kier alpha value is -2.43. The van der Waals surface area contributed by atoms with E-state index in [0.717, 1.165) is 53.9 Å². The van der Waals surface area contributed by atoms with E-state index in [0.29, 0.717) is 12.5 Å². The van der Waals surface area contributed by atoms with Crippen LogP contribution < -0.4 is 0 Å². The van der Waals surface area contributed by atoms with Crippen molar-refractivity contribution in [1.82, 2.24) is 24.4 Å². The number of unbranched alkanes of at least 4 members (excludes halogenated alkanes) is 1. The van der Waals surface area contributed by atoms with Gasteiger partial charge in [-0.05, 0) is 38.8 Å². The van der Waals surface area contributed by atoms with Gasteiger partial charge in [0, 0.05) is 36.5 Å². The fraction of sp³-hybridized carbons (Fsp3) is 0.550. The third-order valence-corrected chi connectivity index (χ3v) is 6.28. The molecule has 0 amide bonds. The Bertz CT molecular complexity index is 1040. The predicted octanol–water partition coefficient (Wildman–Crippen LogP) is 2.91. The highest BCUT2D eigenvalue weighted by atomic mass is 16.3. The van der Waals surface area contributed by atoms with Gasteiger partial charge in [-0.25, -0.2) is 9.97 Å². The van der Waals surface area contributed by atoms with Crippen molar-refractivity contribution in [2.24, 2.45) is 5.41 Å². The van der Waals surface area contributed by atoms with Crippen LogP contribution in [0.4, 0.5) is 0 Å². The van der Waals surface area contributed by atoms with Crippen LogP contribution in [0, 0.1) is 16.7 Å². The molecule has 1 aliphatic heterocycles. The summed E-state index contributed by atoms with van der Waals surface area (Å²) in [7, 11) is 0. The molecule has 0 radical (unpaired) electrons. The van der Waals surface area contributed by atoms with Gasteiger partial charge in [0.25, 0.3) is 0 Å². The Labute approximate surface area is 157 Å². The fourth-order valence-electron chi connectivity index (χ4n) is 4.83. The first-order valence-electron chi connectivity index (χ1n) is 9.74. The molecule has 2 aliphatic rings. The van der Waals surface area contributed by atoms with Crippen molar-refractivity contribution >= 4 is 22.1 Å². The maximum absolute atomic E-state index is 10.5. The maximum atomic E-state index is 10.5. The summed E-state index contributed by atoms with van der Waals surface area (Å²) in [5.74, 6) is 0.732. The number of nitrogens with zero attached hydrogens (tertiary/aromatic N) is 5. The van der Waals surface area contributed by atoms with Crippen molar-refractivity contribution in [3.05, 3.63) is 24.3 Å². The monoisotopic (exact) mass is 364 g/mol. The number of aliphatic hydroxyl groups excluding tert-OH is 1. The summed E-state index contributed by atoms with van der Waals surface area (Å²) in [5, 5.41) is 20.4. The minimum atomic E-state index is -0.630. The van der Waals surface area contributed by atoms with Crippen molar-refractivity contribution in [3.63, 3.8) is 0 Å². The van der Waals surface area contributed by atoms with Crippen molar-refractivity contribution < 1.29 is 5.11 Å². The Morgan fingerprint density at radius 1 is 1.48 bits per heavy atom. The number of hydrogen-bond donors (Lipinski definition) is 2. The highest BCUT2D eigenvalue weighted by Gasteiger charge is 2.56. The summed E-state index contributed by atoms with van der Waals surface area (Å²) >= 11 is 0. The third kappa shape index (κ3) is 2.55. The molecule has 7 heteroatoms. The van der Waals surface area contributed by atoms with Crippen LogP contribution in [0.25, 0.3) is 22.1 Å². The van der Waals surface area contributed by atoms with Crippen molar-refractivity contribution in [2.45, 2.75) is 44.8 Å². The minimum Gasteiger partial charge on any atom is -0.385 e. The molecular formula is C20H24N6O. The molecule has 1 spiro atoms. The van der Waals surface area contributed by atoms with Gasteiger partial charge in [0.2, 0.25) is 0 Å². The lowest BCUT2D eigenvalue weighted by Gasteiger charge is -2.23. The number of fused-ring (bicyclic) bond motifs is 3. The lowest BCUT2D eigenvalue weighted by Crippen LogP contribution is -2.23. The quantitative estimate of drug-likeness (QED) is 0.679. The molecule has 0 aromatic carbocycles. The molecule has 0 bridgehead atoms. The molecule has 7 nitrogen and oxygen atoms in total. The Kier molecular flexibility index (Phi) is 3.74. The van der Waals surface area contributed by atoms with Crippen LogP contribution >= 0.6 is 0 Å². The standard InChI is InChI=1S/C20H24N6O/c1-13(27)19-24-15-10-23-18-14(4-8-22-18)17(15)26(19)16-11-25(9-3-2-7-21)12-20(16)5-6-20/h4,8,10,13,16,27H,2-3,5-6,9,11-12H2,1H3,(H,22,23)/t13-,16-/m1/s1. The van der Waals surface area contributed by atoms with E-state index >= 15 is 0 Å². The van der Waals surface area contributed by atoms with Crippen LogP contribution in [0.2, 0.25) is 0 Å². The number of likely N-dealkylation sites (tertiary alicyclic amines) is 1. The van der Waals surface area contributed by atoms with Crippen molar-refractivity contribution in [2.75, 3.05) is 19.6 Å². The second kappa shape index (κ2) is 6.04. The average molecular weight is 364 g/mol. The van der Waals surface area contributed by atoms with E-state index in [1.54, 1.807) is 13.1 Å². The van der Waals surface area contributed by atoms with Gasteiger partial charge in [0.05, 0.1) is 23.8 Å². The molecule has 27 heavy (non-hydrogen) atoms. The lowest BCUT2D eigenvalue weighted by molar-refractivity contribution is 0.178. The summed E-state index contributed by atoms with van der Waals surface area (Å²) in [5.41, 5.74) is 3.05. The number of nitrogens with one attached hydrogen (secondary N) is 1. The van der Waals surface area contributed by atoms with E-state index in [-0.39, 0.29) is 5.41 Å². The SMILES string of the molecule is C[C@@H](O)c1nc2cnc3[nH]ccc3c2n1[C@@H]1CN(CCCC#N)CC12CC2. The van der Waals surface area contributed by atoms with Crippen LogP contribution in [0.5, 0.6) is 0 Å². The van der Waals surface area contributed by atoms with Crippen LogP contribution in [-0.2, 0) is 0 Å². The van der Waals surface area contributed by atoms with Gasteiger partial charge in [-0.3, -0.25) is 0 Å². The predicted molar refractivity (Wildman–Crippen MR) is 102 cm³/mol. The van der Waals surface area contributed by atoms with E-state index < -0.39 is 6.10 Å². The van der Waals surface area contributed by atoms with Crippen LogP contribution in [0.1, 0.15) is 50.6 Å². The van der Waals surface area contributed by atoms with Crippen LogP contribution in [-0.4, -0.2) is 49.2 Å². The number of hydrogen-bond acceptors (Lipinski definition) is 5. The second-order valence-electron chi connectivity index (χ2n) is 8.12. The molecule has 0 unspecified atom stereocenters. The van der Waals surface area contributed by atoms with Gasteiger partial charge < -0.3 is 19.6 Å². The van der Waals surface area contributed by atoms with Crippen LogP contribution in [0.15, 0.2) is 18.5 Å². The number of aromatic nitrogens is 4. The van der Waals surface area contributed by atoms with Gasteiger partial charge in [-0.2, -0.15) is 5.26 Å². The molecule has 1 saturated heterocycles. The highest BCUT2D eigenvalue weighted by molar-refractivity contribution is 6.01. The van der Waals surface area contributed by atoms with Gasteiger partial charge in [0.1, 0.15) is 23.1 Å². The molecule has 2 N–H and O–H groups in total. The molecule has 3 aromatic rings. The van der Waals surface area contributed by atoms with E-state index in [1.807, 2.05) is 12.3 Å². The number of pyridine rings is 1. The Balaban J connectivity index is 1.62. The Morgan fingerprint density at radius 3 is 3.07 bits per heavy atom. The first-order chi connectivity index (χ1) is 13.1. The second-order valence-corrected chi connectivity index (χ2v) is 8.12. The summed E-state index contributed by atoms with van der Waals surface area (Å²) in [6, 6.07) is 4.60. The molecule has 4 heterocycles. The zero-order valence-electron chi connectivity index (χ0n) is 15.5. The number of H-pyrrole nitrogens is 1. The largest absolute Gasteiger partial charge is 0.385 e. The first kappa shape index (κ1) is 16.7. The van der Waals surface area contributed by atoms with Gasteiger partial charge >= 0.3 is 0 Å². The van der Waals surface area contributed by atoms with E-state index in [2.05, 4.69) is 25.5 Å². The molecule has 1 aliphatic carbocycles. The van der Waals surface area contributed by atoms with Crippen molar-refractivity contribution in [3.8, 4) is 6.07 Å². The average Bonchev–Trinajstić information content (AvgIpc) is 2.99. The summed E-state index contributed by atoms with van der Waals surface area (Å²) < 4.78 is 2.30. The number of rotatable bonds is 5. The van der Waals surface area contributed by atoms with Crippen molar-refractivity contribution in [1.29, 1.82) is 5.26 Å². The zero-order valence-corrected chi connectivity index (χ0v) is 15.5. The molecule has 1 saturated carbocycles. The lowest BCUT2D eigenvalue weighted by atomic mass is 10.00. The maximum Gasteiger partial charge on any atom is 0.139 e. The molecule has 2 atom stereocenters.